The van der Waals surface area contributed by atoms with Crippen molar-refractivity contribution in [2.24, 2.45) is 0 Å². The number of nitrogens with zero attached hydrogens (tertiary/aromatic N) is 1. The van der Waals surface area contributed by atoms with Crippen LogP contribution in [-0.2, 0) is 0 Å². The second-order valence-corrected chi connectivity index (χ2v) is 5.43. The van der Waals surface area contributed by atoms with E-state index in [0.717, 1.165) is 17.7 Å². The summed E-state index contributed by atoms with van der Waals surface area (Å²) in [5.41, 5.74) is 1.69. The first-order valence-corrected chi connectivity index (χ1v) is 7.22. The molecule has 4 nitrogen and oxygen atoms in total. The van der Waals surface area contributed by atoms with Crippen LogP contribution in [0.1, 0.15) is 24.9 Å². The van der Waals surface area contributed by atoms with Gasteiger partial charge in [-0.3, -0.25) is 10.1 Å². The molecule has 0 fully saturated rings. The van der Waals surface area contributed by atoms with E-state index in [2.05, 4.69) is 5.32 Å². The fraction of sp³-hybridized carbons (Fsp3) is 0.200. The molecule has 2 aromatic carbocycles. The summed E-state index contributed by atoms with van der Waals surface area (Å²) in [7, 11) is 0. The molecule has 1 unspecified atom stereocenters. The van der Waals surface area contributed by atoms with Crippen molar-refractivity contribution in [3.8, 4) is 0 Å². The van der Waals surface area contributed by atoms with E-state index in [1.807, 2.05) is 31.2 Å². The van der Waals surface area contributed by atoms with E-state index >= 15 is 0 Å². The van der Waals surface area contributed by atoms with Gasteiger partial charge in [0.15, 0.2) is 0 Å². The zero-order valence-electron chi connectivity index (χ0n) is 11.3. The first-order valence-electron chi connectivity index (χ1n) is 6.47. The molecule has 0 spiro atoms. The molecular formula is C15H14Cl2N2O2. The van der Waals surface area contributed by atoms with Crippen molar-refractivity contribution in [1.82, 2.24) is 0 Å². The molecule has 1 atom stereocenters. The summed E-state index contributed by atoms with van der Waals surface area (Å²) >= 11 is 11.9. The summed E-state index contributed by atoms with van der Waals surface area (Å²) in [5.74, 6) is 0. The molecule has 0 heterocycles. The van der Waals surface area contributed by atoms with E-state index in [0.29, 0.717) is 5.02 Å². The van der Waals surface area contributed by atoms with Gasteiger partial charge in [-0.1, -0.05) is 42.3 Å². The van der Waals surface area contributed by atoms with Crippen molar-refractivity contribution < 1.29 is 4.92 Å². The number of hydrogen-bond acceptors (Lipinski definition) is 3. The lowest BCUT2D eigenvalue weighted by atomic mass is 10.0. The van der Waals surface area contributed by atoms with Gasteiger partial charge in [-0.15, -0.1) is 0 Å². The van der Waals surface area contributed by atoms with Crippen LogP contribution in [0.15, 0.2) is 42.5 Å². The molecule has 0 bridgehead atoms. The Morgan fingerprint density at radius 3 is 2.57 bits per heavy atom. The molecule has 6 heteroatoms. The SMILES string of the molecule is CCC(Nc1ccc([N+](=O)[O-])c(Cl)c1)c1cccc(Cl)c1. The zero-order valence-corrected chi connectivity index (χ0v) is 12.9. The van der Waals surface area contributed by atoms with Gasteiger partial charge < -0.3 is 5.32 Å². The highest BCUT2D eigenvalue weighted by Gasteiger charge is 2.14. The Balaban J connectivity index is 2.23. The third-order valence-electron chi connectivity index (χ3n) is 3.14. The van der Waals surface area contributed by atoms with Gasteiger partial charge in [-0.25, -0.2) is 0 Å². The summed E-state index contributed by atoms with van der Waals surface area (Å²) < 4.78 is 0. The second kappa shape index (κ2) is 6.78. The predicted molar refractivity (Wildman–Crippen MR) is 86.2 cm³/mol. The van der Waals surface area contributed by atoms with Crippen molar-refractivity contribution in [3.05, 3.63) is 68.2 Å². The van der Waals surface area contributed by atoms with Crippen LogP contribution in [0.3, 0.4) is 0 Å². The quantitative estimate of drug-likeness (QED) is 0.586. The van der Waals surface area contributed by atoms with Crippen LogP contribution < -0.4 is 5.32 Å². The third kappa shape index (κ3) is 3.86. The number of nitrogens with one attached hydrogen (secondary N) is 1. The van der Waals surface area contributed by atoms with Gasteiger partial charge in [0, 0.05) is 16.8 Å². The van der Waals surface area contributed by atoms with E-state index < -0.39 is 4.92 Å². The number of benzene rings is 2. The van der Waals surface area contributed by atoms with E-state index in [1.165, 1.54) is 6.07 Å². The Hall–Kier alpha value is -1.78. The molecule has 21 heavy (non-hydrogen) atoms. The molecule has 0 aliphatic rings. The lowest BCUT2D eigenvalue weighted by Crippen LogP contribution is -2.09. The Labute approximate surface area is 132 Å². The Bertz CT molecular complexity index is 662. The molecule has 2 rings (SSSR count). The lowest BCUT2D eigenvalue weighted by Gasteiger charge is -2.19. The maximum Gasteiger partial charge on any atom is 0.288 e. The molecular weight excluding hydrogens is 311 g/mol. The van der Waals surface area contributed by atoms with Crippen LogP contribution in [0.25, 0.3) is 0 Å². The number of nitro groups is 1. The van der Waals surface area contributed by atoms with Crippen LogP contribution in [0.2, 0.25) is 10.0 Å². The van der Waals surface area contributed by atoms with Crippen LogP contribution in [0.4, 0.5) is 11.4 Å². The fourth-order valence-electron chi connectivity index (χ4n) is 2.09. The highest BCUT2D eigenvalue weighted by Crippen LogP contribution is 2.30. The molecule has 0 radical (unpaired) electrons. The maximum atomic E-state index is 10.8. The number of nitro benzene ring substituents is 1. The van der Waals surface area contributed by atoms with E-state index in [9.17, 15) is 10.1 Å². The van der Waals surface area contributed by atoms with Crippen LogP contribution in [0.5, 0.6) is 0 Å². The average Bonchev–Trinajstić information content (AvgIpc) is 2.44. The summed E-state index contributed by atoms with van der Waals surface area (Å²) in [4.78, 5) is 10.3. The standard InChI is InChI=1S/C15H14Cl2N2O2/c1-2-14(10-4-3-5-11(16)8-10)18-12-6-7-15(19(20)21)13(17)9-12/h3-9,14,18H,2H2,1H3. The Morgan fingerprint density at radius 2 is 2.00 bits per heavy atom. The van der Waals surface area contributed by atoms with Gasteiger partial charge in [0.2, 0.25) is 0 Å². The molecule has 0 amide bonds. The number of rotatable bonds is 5. The van der Waals surface area contributed by atoms with Crippen LogP contribution in [0, 0.1) is 10.1 Å². The van der Waals surface area contributed by atoms with E-state index in [-0.39, 0.29) is 16.8 Å². The predicted octanol–water partition coefficient (Wildman–Crippen LogP) is 5.46. The molecule has 0 aromatic heterocycles. The van der Waals surface area contributed by atoms with Gasteiger partial charge >= 0.3 is 0 Å². The molecule has 0 saturated heterocycles. The summed E-state index contributed by atoms with van der Waals surface area (Å²) in [6.45, 7) is 2.05. The molecule has 0 aliphatic carbocycles. The number of anilines is 1. The normalized spacial score (nSPS) is 12.0. The number of hydrogen-bond donors (Lipinski definition) is 1. The largest absolute Gasteiger partial charge is 0.378 e. The number of halogens is 2. The summed E-state index contributed by atoms with van der Waals surface area (Å²) in [6, 6.07) is 12.3. The van der Waals surface area contributed by atoms with Gasteiger partial charge in [0.1, 0.15) is 5.02 Å². The minimum Gasteiger partial charge on any atom is -0.378 e. The third-order valence-corrected chi connectivity index (χ3v) is 3.68. The maximum absolute atomic E-state index is 10.8. The monoisotopic (exact) mass is 324 g/mol. The van der Waals surface area contributed by atoms with Crippen molar-refractivity contribution in [2.75, 3.05) is 5.32 Å². The molecule has 2 aromatic rings. The summed E-state index contributed by atoms with van der Waals surface area (Å²) in [6.07, 6.45) is 0.842. The van der Waals surface area contributed by atoms with Crippen molar-refractivity contribution in [3.63, 3.8) is 0 Å². The first kappa shape index (κ1) is 15.6. The smallest absolute Gasteiger partial charge is 0.288 e. The van der Waals surface area contributed by atoms with Gasteiger partial charge in [0.25, 0.3) is 5.69 Å². The molecule has 0 aliphatic heterocycles. The van der Waals surface area contributed by atoms with Crippen molar-refractivity contribution in [1.29, 1.82) is 0 Å². The average molecular weight is 325 g/mol. The summed E-state index contributed by atoms with van der Waals surface area (Å²) in [5, 5.41) is 14.9. The minimum atomic E-state index is -0.500. The molecule has 0 saturated carbocycles. The molecule has 1 N–H and O–H groups in total. The topological polar surface area (TPSA) is 55.2 Å². The molecule has 110 valence electrons. The van der Waals surface area contributed by atoms with Gasteiger partial charge in [-0.2, -0.15) is 0 Å². The van der Waals surface area contributed by atoms with E-state index in [1.54, 1.807) is 12.1 Å². The Kier molecular flexibility index (Phi) is 5.04. The highest BCUT2D eigenvalue weighted by molar-refractivity contribution is 6.33. The van der Waals surface area contributed by atoms with Gasteiger partial charge in [0.05, 0.1) is 11.0 Å². The highest BCUT2D eigenvalue weighted by atomic mass is 35.5. The van der Waals surface area contributed by atoms with Crippen molar-refractivity contribution in [2.45, 2.75) is 19.4 Å². The Morgan fingerprint density at radius 1 is 1.24 bits per heavy atom. The van der Waals surface area contributed by atoms with E-state index in [4.69, 9.17) is 23.2 Å². The van der Waals surface area contributed by atoms with Crippen molar-refractivity contribution >= 4 is 34.6 Å². The fourth-order valence-corrected chi connectivity index (χ4v) is 2.54. The van der Waals surface area contributed by atoms with Gasteiger partial charge in [-0.05, 0) is 36.2 Å². The minimum absolute atomic E-state index is 0.0567. The second-order valence-electron chi connectivity index (χ2n) is 4.58. The lowest BCUT2D eigenvalue weighted by molar-refractivity contribution is -0.384. The zero-order chi connectivity index (χ0) is 15.4. The first-order chi connectivity index (χ1) is 10.0. The van der Waals surface area contributed by atoms with Crippen LogP contribution >= 0.6 is 23.2 Å². The van der Waals surface area contributed by atoms with Crippen LogP contribution in [-0.4, -0.2) is 4.92 Å².